The lowest BCUT2D eigenvalue weighted by Crippen LogP contribution is -2.34. The van der Waals surface area contributed by atoms with Crippen molar-refractivity contribution in [3.8, 4) is 0 Å². The van der Waals surface area contributed by atoms with Crippen LogP contribution in [0, 0.1) is 11.8 Å². The third-order valence-electron chi connectivity index (χ3n) is 4.96. The summed E-state index contributed by atoms with van der Waals surface area (Å²) in [5.74, 6) is 0.579. The van der Waals surface area contributed by atoms with Crippen LogP contribution in [0.5, 0.6) is 0 Å². The number of aliphatic hydroxyl groups excluding tert-OH is 1. The van der Waals surface area contributed by atoms with Gasteiger partial charge >= 0.3 is 5.97 Å². The molecule has 116 valence electrons. The van der Waals surface area contributed by atoms with Crippen LogP contribution in [0.3, 0.4) is 0 Å². The third-order valence-corrected chi connectivity index (χ3v) is 4.96. The van der Waals surface area contributed by atoms with Crippen LogP contribution in [0.4, 0.5) is 0 Å². The molecule has 2 rings (SSSR count). The van der Waals surface area contributed by atoms with Crippen LogP contribution in [0.1, 0.15) is 77.6 Å². The Morgan fingerprint density at radius 3 is 2.15 bits per heavy atom. The molecule has 2 atom stereocenters. The van der Waals surface area contributed by atoms with Gasteiger partial charge in [0.05, 0.1) is 12.0 Å². The molecule has 3 nitrogen and oxygen atoms in total. The first kappa shape index (κ1) is 15.8. The summed E-state index contributed by atoms with van der Waals surface area (Å²) in [4.78, 5) is 12.3. The van der Waals surface area contributed by atoms with E-state index in [1.54, 1.807) is 6.92 Å². The second-order valence-corrected chi connectivity index (χ2v) is 6.79. The molecule has 3 heteroatoms. The van der Waals surface area contributed by atoms with Crippen molar-refractivity contribution < 1.29 is 14.6 Å². The molecule has 2 fully saturated rings. The molecule has 2 saturated carbocycles. The lowest BCUT2D eigenvalue weighted by molar-refractivity contribution is -0.160. The molecular weight excluding hydrogens is 252 g/mol. The van der Waals surface area contributed by atoms with E-state index in [4.69, 9.17) is 4.74 Å². The van der Waals surface area contributed by atoms with Crippen molar-refractivity contribution in [1.82, 2.24) is 0 Å². The number of hydrogen-bond acceptors (Lipinski definition) is 3. The third kappa shape index (κ3) is 4.76. The van der Waals surface area contributed by atoms with E-state index in [1.165, 1.54) is 25.7 Å². The van der Waals surface area contributed by atoms with Gasteiger partial charge < -0.3 is 9.84 Å². The van der Waals surface area contributed by atoms with Crippen molar-refractivity contribution in [1.29, 1.82) is 0 Å². The zero-order valence-corrected chi connectivity index (χ0v) is 12.9. The Bertz CT molecular complexity index is 289. The molecular formula is C17H30O3. The van der Waals surface area contributed by atoms with Gasteiger partial charge in [0, 0.05) is 6.42 Å². The van der Waals surface area contributed by atoms with Gasteiger partial charge in [0.15, 0.2) is 0 Å². The van der Waals surface area contributed by atoms with Crippen LogP contribution in [0.25, 0.3) is 0 Å². The Labute approximate surface area is 123 Å². The number of hydrogen-bond donors (Lipinski definition) is 1. The minimum Gasteiger partial charge on any atom is -0.462 e. The smallest absolute Gasteiger partial charge is 0.309 e. The normalized spacial score (nSPS) is 25.1. The van der Waals surface area contributed by atoms with Crippen LogP contribution in [-0.4, -0.2) is 23.3 Å². The van der Waals surface area contributed by atoms with Crippen LogP contribution in [-0.2, 0) is 9.53 Å². The van der Waals surface area contributed by atoms with E-state index >= 15 is 0 Å². The Balaban J connectivity index is 1.89. The van der Waals surface area contributed by atoms with E-state index in [0.29, 0.717) is 12.3 Å². The van der Waals surface area contributed by atoms with Gasteiger partial charge in [-0.15, -0.1) is 0 Å². The molecule has 0 saturated heterocycles. The quantitative estimate of drug-likeness (QED) is 0.780. The number of carbonyl (C=O) groups excluding carboxylic acids is 1. The maximum absolute atomic E-state index is 12.3. The standard InChI is InChI=1S/C17H30O3/c1-13(18)12-16(14-8-4-2-5-9-14)20-17(19)15-10-6-3-7-11-15/h13-16,18H,2-12H2,1H3/t13-,16+/m1/s1. The molecule has 2 aliphatic carbocycles. The minimum absolute atomic E-state index is 0.000855. The van der Waals surface area contributed by atoms with E-state index in [2.05, 4.69) is 0 Å². The highest BCUT2D eigenvalue weighted by molar-refractivity contribution is 5.72. The molecule has 0 aliphatic heterocycles. The minimum atomic E-state index is -0.388. The fourth-order valence-electron chi connectivity index (χ4n) is 3.76. The first-order valence-electron chi connectivity index (χ1n) is 8.55. The van der Waals surface area contributed by atoms with Gasteiger partial charge in [-0.05, 0) is 38.5 Å². The highest BCUT2D eigenvalue weighted by Crippen LogP contribution is 2.32. The molecule has 20 heavy (non-hydrogen) atoms. The first-order chi connectivity index (χ1) is 9.66. The number of ether oxygens (including phenoxy) is 1. The highest BCUT2D eigenvalue weighted by Gasteiger charge is 2.31. The highest BCUT2D eigenvalue weighted by atomic mass is 16.5. The van der Waals surface area contributed by atoms with Gasteiger partial charge in [-0.1, -0.05) is 38.5 Å². The number of aliphatic hydroxyl groups is 1. The molecule has 0 unspecified atom stereocenters. The van der Waals surface area contributed by atoms with Gasteiger partial charge in [0.1, 0.15) is 6.10 Å². The number of carbonyl (C=O) groups is 1. The topological polar surface area (TPSA) is 46.5 Å². The van der Waals surface area contributed by atoms with E-state index in [0.717, 1.165) is 38.5 Å². The van der Waals surface area contributed by atoms with Gasteiger partial charge in [-0.25, -0.2) is 0 Å². The van der Waals surface area contributed by atoms with E-state index < -0.39 is 0 Å². The van der Waals surface area contributed by atoms with Crippen molar-refractivity contribution in [3.63, 3.8) is 0 Å². The van der Waals surface area contributed by atoms with E-state index in [9.17, 15) is 9.90 Å². The summed E-state index contributed by atoms with van der Waals surface area (Å²) in [6.45, 7) is 1.80. The Hall–Kier alpha value is -0.570. The predicted molar refractivity (Wildman–Crippen MR) is 79.3 cm³/mol. The molecule has 0 bridgehead atoms. The summed E-state index contributed by atoms with van der Waals surface area (Å²) in [6.07, 6.45) is 11.8. The first-order valence-corrected chi connectivity index (χ1v) is 8.55. The van der Waals surface area contributed by atoms with Crippen molar-refractivity contribution in [2.24, 2.45) is 11.8 Å². The summed E-state index contributed by atoms with van der Waals surface area (Å²) in [5.41, 5.74) is 0. The zero-order valence-electron chi connectivity index (χ0n) is 12.9. The van der Waals surface area contributed by atoms with Gasteiger partial charge in [0.25, 0.3) is 0 Å². The second-order valence-electron chi connectivity index (χ2n) is 6.79. The Morgan fingerprint density at radius 1 is 1.05 bits per heavy atom. The molecule has 1 N–H and O–H groups in total. The van der Waals surface area contributed by atoms with Crippen LogP contribution < -0.4 is 0 Å². The Morgan fingerprint density at radius 2 is 1.60 bits per heavy atom. The molecule has 2 aliphatic rings. The Kier molecular flexibility index (Phi) is 6.34. The number of rotatable bonds is 5. The van der Waals surface area contributed by atoms with Gasteiger partial charge in [0.2, 0.25) is 0 Å². The molecule has 0 amide bonds. The summed E-state index contributed by atoms with van der Waals surface area (Å²) < 4.78 is 5.84. The van der Waals surface area contributed by atoms with E-state index in [-0.39, 0.29) is 24.1 Å². The monoisotopic (exact) mass is 282 g/mol. The molecule has 0 aromatic carbocycles. The average Bonchev–Trinajstić information content (AvgIpc) is 2.48. The SMILES string of the molecule is C[C@@H](O)C[C@H](OC(=O)C1CCCCC1)C1CCCCC1. The van der Waals surface area contributed by atoms with Crippen LogP contribution in [0.15, 0.2) is 0 Å². The maximum Gasteiger partial charge on any atom is 0.309 e. The maximum atomic E-state index is 12.3. The second kappa shape index (κ2) is 8.02. The summed E-state index contributed by atoms with van der Waals surface area (Å²) in [5, 5.41) is 9.69. The fraction of sp³-hybridized carbons (Fsp3) is 0.941. The molecule has 0 radical (unpaired) electrons. The molecule has 0 aromatic rings. The average molecular weight is 282 g/mol. The van der Waals surface area contributed by atoms with Crippen molar-refractivity contribution in [2.75, 3.05) is 0 Å². The molecule has 0 aromatic heterocycles. The molecule has 0 spiro atoms. The summed E-state index contributed by atoms with van der Waals surface area (Å²) >= 11 is 0. The van der Waals surface area contributed by atoms with Gasteiger partial charge in [-0.3, -0.25) is 4.79 Å². The fourth-order valence-corrected chi connectivity index (χ4v) is 3.76. The van der Waals surface area contributed by atoms with Gasteiger partial charge in [-0.2, -0.15) is 0 Å². The van der Waals surface area contributed by atoms with Crippen molar-refractivity contribution in [2.45, 2.75) is 89.8 Å². The summed E-state index contributed by atoms with van der Waals surface area (Å²) in [7, 11) is 0. The lowest BCUT2D eigenvalue weighted by Gasteiger charge is -2.32. The largest absolute Gasteiger partial charge is 0.462 e. The predicted octanol–water partition coefficient (Wildman–Crippen LogP) is 3.83. The lowest BCUT2D eigenvalue weighted by atomic mass is 9.83. The van der Waals surface area contributed by atoms with Crippen LogP contribution >= 0.6 is 0 Å². The van der Waals surface area contributed by atoms with Crippen molar-refractivity contribution >= 4 is 5.97 Å². The van der Waals surface area contributed by atoms with Crippen LogP contribution in [0.2, 0.25) is 0 Å². The number of esters is 1. The van der Waals surface area contributed by atoms with E-state index in [1.807, 2.05) is 0 Å². The van der Waals surface area contributed by atoms with Crippen molar-refractivity contribution in [3.05, 3.63) is 0 Å². The molecule has 0 heterocycles. The summed E-state index contributed by atoms with van der Waals surface area (Å²) in [6, 6.07) is 0. The zero-order chi connectivity index (χ0) is 14.4.